The van der Waals surface area contributed by atoms with Crippen molar-refractivity contribution in [2.45, 2.75) is 27.2 Å². The highest BCUT2D eigenvalue weighted by Crippen LogP contribution is 2.22. The first-order chi connectivity index (χ1) is 10.5. The van der Waals surface area contributed by atoms with Gasteiger partial charge in [-0.15, -0.1) is 11.3 Å². The van der Waals surface area contributed by atoms with E-state index in [1.807, 2.05) is 30.7 Å². The molecule has 6 heteroatoms. The number of carbonyl (C=O) groups excluding carboxylic acids is 2. The average Bonchev–Trinajstić information content (AvgIpc) is 3.10. The number of esters is 1. The van der Waals surface area contributed by atoms with Gasteiger partial charge in [0, 0.05) is 34.6 Å². The van der Waals surface area contributed by atoms with Crippen LogP contribution in [0.15, 0.2) is 29.8 Å². The maximum atomic E-state index is 12.2. The van der Waals surface area contributed by atoms with Gasteiger partial charge in [0.15, 0.2) is 11.7 Å². The Morgan fingerprint density at radius 3 is 2.82 bits per heavy atom. The predicted octanol–water partition coefficient (Wildman–Crippen LogP) is 3.24. The molecule has 0 radical (unpaired) electrons. The molecule has 2 rings (SSSR count). The van der Waals surface area contributed by atoms with E-state index in [4.69, 9.17) is 4.74 Å². The first-order valence-electron chi connectivity index (χ1n) is 7.00. The Morgan fingerprint density at radius 2 is 2.18 bits per heavy atom. The summed E-state index contributed by atoms with van der Waals surface area (Å²) in [5, 5.41) is 2.70. The summed E-state index contributed by atoms with van der Waals surface area (Å²) >= 11 is 1.50. The molecule has 0 bridgehead atoms. The molecule has 0 spiro atoms. The van der Waals surface area contributed by atoms with Gasteiger partial charge in [0.25, 0.3) is 0 Å². The molecule has 116 valence electrons. The maximum absolute atomic E-state index is 12.2. The van der Waals surface area contributed by atoms with Gasteiger partial charge < -0.3 is 4.74 Å². The van der Waals surface area contributed by atoms with E-state index in [-0.39, 0.29) is 12.4 Å². The van der Waals surface area contributed by atoms with Crippen LogP contribution in [0.5, 0.6) is 0 Å². The van der Waals surface area contributed by atoms with E-state index < -0.39 is 5.97 Å². The van der Waals surface area contributed by atoms with Crippen LogP contribution in [-0.4, -0.2) is 27.9 Å². The number of aryl methyl sites for hydroxylation is 1. The molecule has 0 saturated carbocycles. The topological polar surface area (TPSA) is 61.2 Å². The van der Waals surface area contributed by atoms with Crippen LogP contribution >= 0.6 is 11.3 Å². The highest BCUT2D eigenvalue weighted by molar-refractivity contribution is 7.12. The van der Waals surface area contributed by atoms with E-state index in [0.29, 0.717) is 5.56 Å². The smallest absolute Gasteiger partial charge is 0.330 e. The zero-order valence-corrected chi connectivity index (χ0v) is 13.6. The van der Waals surface area contributed by atoms with Crippen LogP contribution in [0.1, 0.15) is 35.1 Å². The number of aromatic nitrogens is 2. The number of ether oxygens (including phenoxy) is 1. The summed E-state index contributed by atoms with van der Waals surface area (Å²) in [7, 11) is 0. The van der Waals surface area contributed by atoms with Crippen LogP contribution in [0.4, 0.5) is 0 Å². The highest BCUT2D eigenvalue weighted by Gasteiger charge is 2.18. The fourth-order valence-electron chi connectivity index (χ4n) is 2.14. The van der Waals surface area contributed by atoms with Crippen molar-refractivity contribution in [3.8, 4) is 5.13 Å². The van der Waals surface area contributed by atoms with Gasteiger partial charge in [-0.25, -0.2) is 9.78 Å². The molecule has 0 N–H and O–H groups in total. The number of carbonyl (C=O) groups is 2. The van der Waals surface area contributed by atoms with E-state index in [1.54, 1.807) is 18.3 Å². The van der Waals surface area contributed by atoms with Crippen molar-refractivity contribution < 1.29 is 14.3 Å². The van der Waals surface area contributed by atoms with E-state index in [0.717, 1.165) is 22.9 Å². The molecule has 2 heterocycles. The Hall–Kier alpha value is -2.21. The quantitative estimate of drug-likeness (QED) is 0.466. The molecule has 0 saturated heterocycles. The third-order valence-corrected chi connectivity index (χ3v) is 3.93. The lowest BCUT2D eigenvalue weighted by Gasteiger charge is -2.05. The summed E-state index contributed by atoms with van der Waals surface area (Å²) in [5.74, 6) is -0.710. The highest BCUT2D eigenvalue weighted by atomic mass is 32.1. The zero-order chi connectivity index (χ0) is 16.1. The molecule has 0 amide bonds. The van der Waals surface area contributed by atoms with Crippen molar-refractivity contribution in [1.29, 1.82) is 0 Å². The van der Waals surface area contributed by atoms with Gasteiger partial charge in [-0.3, -0.25) is 9.36 Å². The van der Waals surface area contributed by atoms with Crippen molar-refractivity contribution in [1.82, 2.24) is 9.55 Å². The maximum Gasteiger partial charge on any atom is 0.330 e. The molecule has 0 fully saturated rings. The minimum Gasteiger partial charge on any atom is -0.454 e. The summed E-state index contributed by atoms with van der Waals surface area (Å²) in [5.41, 5.74) is 2.28. The van der Waals surface area contributed by atoms with Gasteiger partial charge in [0.2, 0.25) is 5.78 Å². The van der Waals surface area contributed by atoms with Gasteiger partial charge in [-0.2, -0.15) is 0 Å². The Labute approximate surface area is 133 Å². The van der Waals surface area contributed by atoms with E-state index in [9.17, 15) is 9.59 Å². The molecule has 22 heavy (non-hydrogen) atoms. The third kappa shape index (κ3) is 3.51. The number of Topliss-reactive ketones (excluding diaryl/α,β-unsaturated/α-hetero) is 1. The summed E-state index contributed by atoms with van der Waals surface area (Å²) in [6, 6.07) is 1.80. The standard InChI is InChI=1S/C16H18N2O3S/c1-4-5-6-15(20)21-10-14(19)13-9-11(2)18(12(13)3)16-17-7-8-22-16/h5-9H,4,10H2,1-3H3/b6-5+. The molecule has 5 nitrogen and oxygen atoms in total. The molecule has 0 unspecified atom stereocenters. The molecule has 0 aliphatic heterocycles. The van der Waals surface area contributed by atoms with Crippen molar-refractivity contribution in [2.75, 3.05) is 6.61 Å². The number of ketones is 1. The van der Waals surface area contributed by atoms with Gasteiger partial charge in [-0.1, -0.05) is 13.0 Å². The monoisotopic (exact) mass is 318 g/mol. The number of allylic oxidation sites excluding steroid dienone is 1. The first-order valence-corrected chi connectivity index (χ1v) is 7.87. The van der Waals surface area contributed by atoms with Crippen LogP contribution < -0.4 is 0 Å². The van der Waals surface area contributed by atoms with Gasteiger partial charge in [-0.05, 0) is 26.3 Å². The van der Waals surface area contributed by atoms with Gasteiger partial charge in [0.05, 0.1) is 0 Å². The molecule has 0 atom stereocenters. The number of nitrogens with zero attached hydrogens (tertiary/aromatic N) is 2. The van der Waals surface area contributed by atoms with E-state index >= 15 is 0 Å². The fourth-order valence-corrected chi connectivity index (χ4v) is 2.89. The van der Waals surface area contributed by atoms with E-state index in [2.05, 4.69) is 4.98 Å². The summed E-state index contributed by atoms with van der Waals surface area (Å²) < 4.78 is 6.88. The lowest BCUT2D eigenvalue weighted by atomic mass is 10.1. The van der Waals surface area contributed by atoms with Crippen LogP contribution in [0.25, 0.3) is 5.13 Å². The van der Waals surface area contributed by atoms with Crippen LogP contribution in [-0.2, 0) is 9.53 Å². The first kappa shape index (κ1) is 16.2. The summed E-state index contributed by atoms with van der Waals surface area (Å²) in [4.78, 5) is 27.9. The van der Waals surface area contributed by atoms with Crippen molar-refractivity contribution in [3.05, 3.63) is 46.7 Å². The number of thiazole rings is 1. The second kappa shape index (κ2) is 7.17. The summed E-state index contributed by atoms with van der Waals surface area (Å²) in [6.07, 6.45) is 5.51. The molecule has 0 aliphatic carbocycles. The average molecular weight is 318 g/mol. The predicted molar refractivity (Wildman–Crippen MR) is 85.6 cm³/mol. The number of rotatable bonds is 6. The second-order valence-electron chi connectivity index (χ2n) is 4.78. The second-order valence-corrected chi connectivity index (χ2v) is 5.65. The van der Waals surface area contributed by atoms with Gasteiger partial charge >= 0.3 is 5.97 Å². The number of hydrogen-bond donors (Lipinski definition) is 0. The van der Waals surface area contributed by atoms with E-state index in [1.165, 1.54) is 17.4 Å². The molecular weight excluding hydrogens is 300 g/mol. The SMILES string of the molecule is CC/C=C/C(=O)OCC(=O)c1cc(C)n(-c2nccs2)c1C. The Kier molecular flexibility index (Phi) is 5.27. The van der Waals surface area contributed by atoms with Crippen LogP contribution in [0.2, 0.25) is 0 Å². The molecule has 2 aromatic heterocycles. The van der Waals surface area contributed by atoms with Crippen LogP contribution in [0.3, 0.4) is 0 Å². The molecule has 0 aliphatic rings. The molecular formula is C16H18N2O3S. The Balaban J connectivity index is 2.13. The van der Waals surface area contributed by atoms with Gasteiger partial charge in [0.1, 0.15) is 0 Å². The molecule has 0 aromatic carbocycles. The summed E-state index contributed by atoms with van der Waals surface area (Å²) in [6.45, 7) is 5.44. The normalized spacial score (nSPS) is 11.0. The fraction of sp³-hybridized carbons (Fsp3) is 0.312. The minimum absolute atomic E-state index is 0.214. The largest absolute Gasteiger partial charge is 0.454 e. The van der Waals surface area contributed by atoms with Crippen molar-refractivity contribution in [2.24, 2.45) is 0 Å². The minimum atomic E-state index is -0.496. The molecule has 2 aromatic rings. The zero-order valence-electron chi connectivity index (χ0n) is 12.8. The third-order valence-electron chi connectivity index (χ3n) is 3.18. The number of hydrogen-bond acceptors (Lipinski definition) is 5. The Bertz CT molecular complexity index is 699. The lowest BCUT2D eigenvalue weighted by molar-refractivity contribution is -0.136. The van der Waals surface area contributed by atoms with Crippen molar-refractivity contribution in [3.63, 3.8) is 0 Å². The lowest BCUT2D eigenvalue weighted by Crippen LogP contribution is -2.13. The van der Waals surface area contributed by atoms with Crippen LogP contribution in [0, 0.1) is 13.8 Å². The Morgan fingerprint density at radius 1 is 1.41 bits per heavy atom. The van der Waals surface area contributed by atoms with Crippen molar-refractivity contribution >= 4 is 23.1 Å².